The Morgan fingerprint density at radius 3 is 2.22 bits per heavy atom. The Morgan fingerprint density at radius 1 is 1.11 bits per heavy atom. The third-order valence-electron chi connectivity index (χ3n) is 2.93. The summed E-state index contributed by atoms with van der Waals surface area (Å²) in [5, 5.41) is 0.707. The molecule has 0 amide bonds. The zero-order valence-corrected chi connectivity index (χ0v) is 12.5. The van der Waals surface area contributed by atoms with Gasteiger partial charge in [0.2, 0.25) is 0 Å². The van der Waals surface area contributed by atoms with Crippen LogP contribution in [0.5, 0.6) is 0 Å². The molecule has 0 radical (unpaired) electrons. The van der Waals surface area contributed by atoms with E-state index in [0.29, 0.717) is 16.1 Å². The first kappa shape index (κ1) is 13.6. The molecule has 0 saturated heterocycles. The topological polar surface area (TPSA) is 0 Å². The van der Waals surface area contributed by atoms with Crippen molar-refractivity contribution in [1.82, 2.24) is 0 Å². The Morgan fingerprint density at radius 2 is 1.67 bits per heavy atom. The highest BCUT2D eigenvalue weighted by atomic mass is 79.9. The Bertz CT molecular complexity index is 557. The van der Waals surface area contributed by atoms with Gasteiger partial charge in [-0.2, -0.15) is 0 Å². The van der Waals surface area contributed by atoms with Gasteiger partial charge in [0.15, 0.2) is 0 Å². The first-order valence-electron chi connectivity index (χ1n) is 5.66. The quantitative estimate of drug-likeness (QED) is 0.632. The van der Waals surface area contributed by atoms with Crippen molar-refractivity contribution in [2.24, 2.45) is 0 Å². The molecule has 3 heteroatoms. The molecule has 1 atom stereocenters. The second-order valence-electron chi connectivity index (χ2n) is 4.35. The Balaban J connectivity index is 2.47. The van der Waals surface area contributed by atoms with Crippen molar-refractivity contribution in [3.8, 4) is 0 Å². The standard InChI is InChI=1S/C15H13BrClF/c1-9-7-11(8-10(2)15(9)18)14(16)12-5-3-4-6-13(12)17/h3-8,14H,1-2H3. The lowest BCUT2D eigenvalue weighted by Gasteiger charge is -2.14. The van der Waals surface area contributed by atoms with E-state index in [1.54, 1.807) is 13.8 Å². The lowest BCUT2D eigenvalue weighted by Crippen LogP contribution is -1.98. The van der Waals surface area contributed by atoms with Crippen LogP contribution in [0.1, 0.15) is 27.1 Å². The largest absolute Gasteiger partial charge is 0.206 e. The predicted molar refractivity (Wildman–Crippen MR) is 78.1 cm³/mol. The minimum atomic E-state index is -0.141. The van der Waals surface area contributed by atoms with Gasteiger partial charge < -0.3 is 0 Å². The van der Waals surface area contributed by atoms with Crippen LogP contribution in [-0.2, 0) is 0 Å². The fraction of sp³-hybridized carbons (Fsp3) is 0.200. The molecule has 0 N–H and O–H groups in total. The average molecular weight is 328 g/mol. The van der Waals surface area contributed by atoms with Gasteiger partial charge in [-0.15, -0.1) is 0 Å². The van der Waals surface area contributed by atoms with Crippen LogP contribution in [0.25, 0.3) is 0 Å². The molecule has 0 spiro atoms. The molecule has 2 rings (SSSR count). The van der Waals surface area contributed by atoms with Crippen molar-refractivity contribution >= 4 is 27.5 Å². The molecule has 0 aromatic heterocycles. The van der Waals surface area contributed by atoms with Crippen molar-refractivity contribution in [3.63, 3.8) is 0 Å². The SMILES string of the molecule is Cc1cc(C(Br)c2ccccc2Cl)cc(C)c1F. The van der Waals surface area contributed by atoms with Gasteiger partial charge in [-0.1, -0.05) is 57.9 Å². The second-order valence-corrected chi connectivity index (χ2v) is 5.68. The van der Waals surface area contributed by atoms with Gasteiger partial charge in [-0.05, 0) is 42.2 Å². The van der Waals surface area contributed by atoms with Crippen molar-refractivity contribution in [2.45, 2.75) is 18.7 Å². The molecule has 0 fully saturated rings. The van der Waals surface area contributed by atoms with Crippen molar-refractivity contribution in [3.05, 3.63) is 69.5 Å². The van der Waals surface area contributed by atoms with Gasteiger partial charge in [0.1, 0.15) is 5.82 Å². The maximum Gasteiger partial charge on any atom is 0.129 e. The average Bonchev–Trinajstić information content (AvgIpc) is 2.35. The molecule has 2 aromatic rings. The lowest BCUT2D eigenvalue weighted by molar-refractivity contribution is 0.608. The highest BCUT2D eigenvalue weighted by Gasteiger charge is 2.15. The Hall–Kier alpha value is -0.860. The Kier molecular flexibility index (Phi) is 4.08. The van der Waals surface area contributed by atoms with E-state index in [1.165, 1.54) is 0 Å². The van der Waals surface area contributed by atoms with Gasteiger partial charge in [-0.3, -0.25) is 0 Å². The number of hydrogen-bond acceptors (Lipinski definition) is 0. The summed E-state index contributed by atoms with van der Waals surface area (Å²) in [7, 11) is 0. The molecular weight excluding hydrogens is 315 g/mol. The van der Waals surface area contributed by atoms with Gasteiger partial charge >= 0.3 is 0 Å². The summed E-state index contributed by atoms with van der Waals surface area (Å²) in [4.78, 5) is -0.0239. The molecule has 0 heterocycles. The van der Waals surface area contributed by atoms with E-state index in [0.717, 1.165) is 11.1 Å². The molecule has 0 aliphatic heterocycles. The highest BCUT2D eigenvalue weighted by Crippen LogP contribution is 2.36. The van der Waals surface area contributed by atoms with Crippen molar-refractivity contribution < 1.29 is 4.39 Å². The van der Waals surface area contributed by atoms with E-state index in [2.05, 4.69) is 15.9 Å². The summed E-state index contributed by atoms with van der Waals surface area (Å²) < 4.78 is 13.6. The third-order valence-corrected chi connectivity index (χ3v) is 4.30. The van der Waals surface area contributed by atoms with Crippen molar-refractivity contribution in [2.75, 3.05) is 0 Å². The molecule has 0 saturated carbocycles. The minimum absolute atomic E-state index is 0.0239. The predicted octanol–water partition coefficient (Wildman–Crippen LogP) is 5.58. The monoisotopic (exact) mass is 326 g/mol. The summed E-state index contributed by atoms with van der Waals surface area (Å²) in [6, 6.07) is 11.4. The Labute approximate surface area is 120 Å². The van der Waals surface area contributed by atoms with Crippen LogP contribution < -0.4 is 0 Å². The summed E-state index contributed by atoms with van der Waals surface area (Å²) in [6.07, 6.45) is 0. The third kappa shape index (κ3) is 2.60. The van der Waals surface area contributed by atoms with E-state index in [-0.39, 0.29) is 10.6 Å². The van der Waals surface area contributed by atoms with Crippen LogP contribution in [0.2, 0.25) is 5.02 Å². The summed E-state index contributed by atoms with van der Waals surface area (Å²) in [5.41, 5.74) is 3.31. The molecule has 94 valence electrons. The summed E-state index contributed by atoms with van der Waals surface area (Å²) in [6.45, 7) is 3.55. The molecule has 0 aliphatic carbocycles. The minimum Gasteiger partial charge on any atom is -0.206 e. The van der Waals surface area contributed by atoms with Gasteiger partial charge in [-0.25, -0.2) is 4.39 Å². The van der Waals surface area contributed by atoms with Crippen LogP contribution in [-0.4, -0.2) is 0 Å². The van der Waals surface area contributed by atoms with Crippen LogP contribution in [0.3, 0.4) is 0 Å². The maximum atomic E-state index is 13.6. The van der Waals surface area contributed by atoms with Gasteiger partial charge in [0, 0.05) is 5.02 Å². The number of benzene rings is 2. The number of hydrogen-bond donors (Lipinski definition) is 0. The summed E-state index contributed by atoms with van der Waals surface area (Å²) >= 11 is 9.81. The first-order valence-corrected chi connectivity index (χ1v) is 6.95. The maximum absolute atomic E-state index is 13.6. The highest BCUT2D eigenvalue weighted by molar-refractivity contribution is 9.09. The zero-order chi connectivity index (χ0) is 13.3. The molecule has 1 unspecified atom stereocenters. The number of halogens is 3. The molecular formula is C15H13BrClF. The zero-order valence-electron chi connectivity index (χ0n) is 10.2. The van der Waals surface area contributed by atoms with Crippen molar-refractivity contribution in [1.29, 1.82) is 0 Å². The lowest BCUT2D eigenvalue weighted by atomic mass is 10.00. The summed E-state index contributed by atoms with van der Waals surface area (Å²) in [5.74, 6) is -0.141. The van der Waals surface area contributed by atoms with Gasteiger partial charge in [0.25, 0.3) is 0 Å². The second kappa shape index (κ2) is 5.41. The molecule has 2 aromatic carbocycles. The molecule has 0 bridgehead atoms. The fourth-order valence-corrected chi connectivity index (χ4v) is 3.03. The molecule has 0 aliphatic rings. The molecule has 18 heavy (non-hydrogen) atoms. The van der Waals surface area contributed by atoms with E-state index in [1.807, 2.05) is 36.4 Å². The van der Waals surface area contributed by atoms with Crippen LogP contribution in [0.4, 0.5) is 4.39 Å². The van der Waals surface area contributed by atoms with Crippen LogP contribution >= 0.6 is 27.5 Å². The smallest absolute Gasteiger partial charge is 0.129 e. The van der Waals surface area contributed by atoms with E-state index < -0.39 is 0 Å². The normalized spacial score (nSPS) is 12.5. The van der Waals surface area contributed by atoms with Crippen LogP contribution in [0.15, 0.2) is 36.4 Å². The first-order chi connectivity index (χ1) is 8.50. The van der Waals surface area contributed by atoms with E-state index >= 15 is 0 Å². The fourth-order valence-electron chi connectivity index (χ4n) is 1.99. The number of aryl methyl sites for hydroxylation is 2. The van der Waals surface area contributed by atoms with E-state index in [4.69, 9.17) is 11.6 Å². The number of alkyl halides is 1. The van der Waals surface area contributed by atoms with Gasteiger partial charge in [0.05, 0.1) is 4.83 Å². The van der Waals surface area contributed by atoms with Crippen LogP contribution in [0, 0.1) is 19.7 Å². The molecule has 0 nitrogen and oxygen atoms in total. The van der Waals surface area contributed by atoms with E-state index in [9.17, 15) is 4.39 Å². The number of rotatable bonds is 2.